The van der Waals surface area contributed by atoms with Gasteiger partial charge in [-0.05, 0) is 56.7 Å². The smallest absolute Gasteiger partial charge is 0.422 e. The molecule has 0 unspecified atom stereocenters. The van der Waals surface area contributed by atoms with E-state index in [1.807, 2.05) is 0 Å². The normalized spacial score (nSPS) is 11.0. The Morgan fingerprint density at radius 3 is 2.17 bits per heavy atom. The number of carbonyl (C=O) groups excluding carboxylic acids is 2. The first-order valence-corrected chi connectivity index (χ1v) is 9.44. The molecule has 162 valence electrons. The Bertz CT molecular complexity index is 653. The molecule has 0 spiro atoms. The lowest BCUT2D eigenvalue weighted by Gasteiger charge is -2.09. The zero-order valence-electron chi connectivity index (χ0n) is 16.6. The van der Waals surface area contributed by atoms with E-state index in [0.29, 0.717) is 31.0 Å². The number of halogens is 3. The van der Waals surface area contributed by atoms with E-state index in [9.17, 15) is 22.8 Å². The quantitative estimate of drug-likeness (QED) is 0.263. The summed E-state index contributed by atoms with van der Waals surface area (Å²) in [7, 11) is 0. The lowest BCUT2D eigenvalue weighted by Crippen LogP contribution is -2.20. The molecule has 0 aliphatic rings. The van der Waals surface area contributed by atoms with Crippen LogP contribution in [-0.2, 0) is 25.5 Å². The molecule has 0 amide bonds. The van der Waals surface area contributed by atoms with Crippen molar-refractivity contribution in [3.05, 3.63) is 42.0 Å². The third-order valence-electron chi connectivity index (χ3n) is 3.83. The topological polar surface area (TPSA) is 61.8 Å². The van der Waals surface area contributed by atoms with Gasteiger partial charge in [0.05, 0.1) is 13.2 Å². The van der Waals surface area contributed by atoms with E-state index >= 15 is 0 Å². The fourth-order valence-electron chi connectivity index (χ4n) is 2.27. The first-order valence-electron chi connectivity index (χ1n) is 9.44. The minimum atomic E-state index is -4.51. The molecular formula is C21H27F3O5. The predicted molar refractivity (Wildman–Crippen MR) is 102 cm³/mol. The molecule has 0 bridgehead atoms. The third-order valence-corrected chi connectivity index (χ3v) is 3.83. The highest BCUT2D eigenvalue weighted by Gasteiger charge is 2.29. The number of benzene rings is 1. The maximum Gasteiger partial charge on any atom is 0.422 e. The minimum Gasteiger partial charge on any atom is -0.494 e. The molecule has 1 aromatic carbocycles. The van der Waals surface area contributed by atoms with Crippen molar-refractivity contribution in [3.63, 3.8) is 0 Å². The van der Waals surface area contributed by atoms with Crippen LogP contribution in [0.2, 0.25) is 0 Å². The number of carbonyl (C=O) groups is 2. The monoisotopic (exact) mass is 416 g/mol. The van der Waals surface area contributed by atoms with Crippen molar-refractivity contribution in [3.8, 4) is 5.75 Å². The van der Waals surface area contributed by atoms with Crippen molar-refractivity contribution in [2.75, 3.05) is 19.8 Å². The van der Waals surface area contributed by atoms with Crippen molar-refractivity contribution >= 4 is 11.9 Å². The molecule has 1 aromatic rings. The van der Waals surface area contributed by atoms with E-state index in [1.165, 1.54) is 0 Å². The summed E-state index contributed by atoms with van der Waals surface area (Å²) in [5.74, 6) is -0.559. The predicted octanol–water partition coefficient (Wildman–Crippen LogP) is 4.78. The highest BCUT2D eigenvalue weighted by molar-refractivity contribution is 5.86. The number of rotatable bonds is 13. The SMILES string of the molecule is C=C(C)C(=O)OCCCCCCOc1ccc(CCC(=O)OCC(F)(F)F)cc1. The van der Waals surface area contributed by atoms with Gasteiger partial charge in [-0.15, -0.1) is 0 Å². The molecule has 8 heteroatoms. The van der Waals surface area contributed by atoms with Crippen molar-refractivity contribution in [1.29, 1.82) is 0 Å². The van der Waals surface area contributed by atoms with Crippen LogP contribution in [0.4, 0.5) is 13.2 Å². The minimum absolute atomic E-state index is 0.113. The lowest BCUT2D eigenvalue weighted by molar-refractivity contribution is -0.186. The molecule has 0 aromatic heterocycles. The Morgan fingerprint density at radius 2 is 1.59 bits per heavy atom. The molecular weight excluding hydrogens is 389 g/mol. The molecule has 1 rings (SSSR count). The van der Waals surface area contributed by atoms with Crippen LogP contribution in [0.15, 0.2) is 36.4 Å². The van der Waals surface area contributed by atoms with Gasteiger partial charge in [-0.25, -0.2) is 4.79 Å². The van der Waals surface area contributed by atoms with Crippen LogP contribution < -0.4 is 4.74 Å². The van der Waals surface area contributed by atoms with Gasteiger partial charge in [0.2, 0.25) is 0 Å². The summed E-state index contributed by atoms with van der Waals surface area (Å²) in [4.78, 5) is 22.5. The summed E-state index contributed by atoms with van der Waals surface area (Å²) in [6.45, 7) is 4.50. The fraction of sp³-hybridized carbons (Fsp3) is 0.524. The maximum absolute atomic E-state index is 12.0. The van der Waals surface area contributed by atoms with Gasteiger partial charge in [0.25, 0.3) is 0 Å². The summed E-state index contributed by atoms with van der Waals surface area (Å²) in [6.07, 6.45) is -0.795. The number of esters is 2. The first-order chi connectivity index (χ1) is 13.7. The standard InChI is InChI=1S/C21H27F3O5/c1-16(2)20(26)28-14-6-4-3-5-13-27-18-10-7-17(8-11-18)9-12-19(25)29-15-21(22,23)24/h7-8,10-11H,1,3-6,9,12-15H2,2H3. The van der Waals surface area contributed by atoms with Crippen molar-refractivity contribution < 1.29 is 37.0 Å². The Morgan fingerprint density at radius 1 is 0.966 bits per heavy atom. The molecule has 0 fully saturated rings. The number of hydrogen-bond acceptors (Lipinski definition) is 5. The lowest BCUT2D eigenvalue weighted by atomic mass is 10.1. The van der Waals surface area contributed by atoms with Crippen LogP contribution in [0.5, 0.6) is 5.75 Å². The molecule has 0 aliphatic heterocycles. The average Bonchev–Trinajstić information content (AvgIpc) is 2.66. The van der Waals surface area contributed by atoms with Crippen LogP contribution in [0.25, 0.3) is 0 Å². The highest BCUT2D eigenvalue weighted by atomic mass is 19.4. The molecule has 0 atom stereocenters. The second kappa shape index (κ2) is 12.9. The number of alkyl halides is 3. The second-order valence-electron chi connectivity index (χ2n) is 6.60. The second-order valence-corrected chi connectivity index (χ2v) is 6.60. The van der Waals surface area contributed by atoms with E-state index in [2.05, 4.69) is 11.3 Å². The zero-order chi connectivity index (χ0) is 21.7. The van der Waals surface area contributed by atoms with Gasteiger partial charge in [0.15, 0.2) is 6.61 Å². The van der Waals surface area contributed by atoms with Gasteiger partial charge in [-0.2, -0.15) is 13.2 Å². The maximum atomic E-state index is 12.0. The van der Waals surface area contributed by atoms with E-state index in [-0.39, 0.29) is 12.4 Å². The van der Waals surface area contributed by atoms with Gasteiger partial charge in [-0.3, -0.25) is 4.79 Å². The van der Waals surface area contributed by atoms with Gasteiger partial charge in [0.1, 0.15) is 5.75 Å². The molecule has 0 radical (unpaired) electrons. The Kier molecular flexibility index (Phi) is 10.9. The van der Waals surface area contributed by atoms with Crippen molar-refractivity contribution in [2.24, 2.45) is 0 Å². The molecule has 0 aliphatic carbocycles. The van der Waals surface area contributed by atoms with Crippen LogP contribution in [0, 0.1) is 0 Å². The van der Waals surface area contributed by atoms with Gasteiger partial charge >= 0.3 is 18.1 Å². The summed E-state index contributed by atoms with van der Waals surface area (Å²) < 4.78 is 50.7. The molecule has 5 nitrogen and oxygen atoms in total. The van der Waals surface area contributed by atoms with Crippen molar-refractivity contribution in [2.45, 2.75) is 51.6 Å². The third kappa shape index (κ3) is 12.5. The molecule has 0 N–H and O–H groups in total. The Labute approximate surface area is 168 Å². The van der Waals surface area contributed by atoms with Gasteiger partial charge in [-0.1, -0.05) is 18.7 Å². The Balaban J connectivity index is 2.11. The van der Waals surface area contributed by atoms with Crippen molar-refractivity contribution in [1.82, 2.24) is 0 Å². The van der Waals surface area contributed by atoms with Gasteiger partial charge < -0.3 is 14.2 Å². The van der Waals surface area contributed by atoms with Crippen LogP contribution >= 0.6 is 0 Å². The van der Waals surface area contributed by atoms with Crippen LogP contribution in [0.1, 0.15) is 44.6 Å². The first kappa shape index (κ1) is 24.5. The summed E-state index contributed by atoms with van der Waals surface area (Å²) in [5.41, 5.74) is 1.21. The summed E-state index contributed by atoms with van der Waals surface area (Å²) in [6, 6.07) is 7.05. The van der Waals surface area contributed by atoms with E-state index in [0.717, 1.165) is 31.2 Å². The Hall–Kier alpha value is -2.51. The average molecular weight is 416 g/mol. The van der Waals surface area contributed by atoms with E-state index in [4.69, 9.17) is 9.47 Å². The van der Waals surface area contributed by atoms with Gasteiger partial charge in [0, 0.05) is 12.0 Å². The molecule has 0 saturated carbocycles. The van der Waals surface area contributed by atoms with Crippen LogP contribution in [0.3, 0.4) is 0 Å². The number of hydrogen-bond donors (Lipinski definition) is 0. The fourth-order valence-corrected chi connectivity index (χ4v) is 2.27. The molecule has 0 heterocycles. The summed E-state index contributed by atoms with van der Waals surface area (Å²) >= 11 is 0. The van der Waals surface area contributed by atoms with E-state index in [1.54, 1.807) is 31.2 Å². The highest BCUT2D eigenvalue weighted by Crippen LogP contribution is 2.16. The zero-order valence-corrected chi connectivity index (χ0v) is 16.6. The molecule has 29 heavy (non-hydrogen) atoms. The largest absolute Gasteiger partial charge is 0.494 e. The number of unbranched alkanes of at least 4 members (excludes halogenated alkanes) is 3. The summed E-state index contributed by atoms with van der Waals surface area (Å²) in [5, 5.41) is 0. The molecule has 0 saturated heterocycles. The van der Waals surface area contributed by atoms with E-state index < -0.39 is 18.8 Å². The van der Waals surface area contributed by atoms with Crippen LogP contribution in [-0.4, -0.2) is 37.9 Å². The number of ether oxygens (including phenoxy) is 3. The number of aryl methyl sites for hydroxylation is 1.